The van der Waals surface area contributed by atoms with Crippen LogP contribution in [0.3, 0.4) is 0 Å². The van der Waals surface area contributed by atoms with Crippen molar-refractivity contribution in [3.63, 3.8) is 0 Å². The zero-order valence-corrected chi connectivity index (χ0v) is 10.9. The second-order valence-electron chi connectivity index (χ2n) is 4.89. The fourth-order valence-corrected chi connectivity index (χ4v) is 2.19. The van der Waals surface area contributed by atoms with Crippen molar-refractivity contribution in [3.05, 3.63) is 23.9 Å². The van der Waals surface area contributed by atoms with Crippen molar-refractivity contribution >= 4 is 5.82 Å². The van der Waals surface area contributed by atoms with Crippen LogP contribution in [0.1, 0.15) is 25.5 Å². The molecule has 0 aliphatic carbocycles. The largest absolute Gasteiger partial charge is 0.394 e. The van der Waals surface area contributed by atoms with E-state index in [1.54, 1.807) is 0 Å². The van der Waals surface area contributed by atoms with Crippen molar-refractivity contribution in [2.45, 2.75) is 32.1 Å². The molecule has 0 spiro atoms. The molecule has 18 heavy (non-hydrogen) atoms. The zero-order chi connectivity index (χ0) is 13.1. The molecule has 0 radical (unpaired) electrons. The molecule has 1 saturated heterocycles. The van der Waals surface area contributed by atoms with Crippen molar-refractivity contribution in [2.24, 2.45) is 5.73 Å². The number of anilines is 1. The van der Waals surface area contributed by atoms with Gasteiger partial charge in [-0.05, 0) is 25.5 Å². The highest BCUT2D eigenvalue weighted by molar-refractivity contribution is 5.40. The molecule has 3 atom stereocenters. The number of ether oxygens (including phenoxy) is 1. The average Bonchev–Trinajstić information content (AvgIpc) is 2.38. The van der Waals surface area contributed by atoms with E-state index in [9.17, 15) is 5.11 Å². The normalized spacial score (nSPS) is 26.1. The van der Waals surface area contributed by atoms with Crippen LogP contribution in [0.5, 0.6) is 0 Å². The summed E-state index contributed by atoms with van der Waals surface area (Å²) in [7, 11) is 0. The van der Waals surface area contributed by atoms with Gasteiger partial charge in [-0.25, -0.2) is 4.98 Å². The van der Waals surface area contributed by atoms with Gasteiger partial charge in [-0.3, -0.25) is 0 Å². The first-order chi connectivity index (χ1) is 8.60. The predicted molar refractivity (Wildman–Crippen MR) is 70.5 cm³/mol. The van der Waals surface area contributed by atoms with Gasteiger partial charge in [0.25, 0.3) is 0 Å². The number of aromatic nitrogens is 1. The Morgan fingerprint density at radius 1 is 1.56 bits per heavy atom. The Morgan fingerprint density at radius 3 is 2.89 bits per heavy atom. The van der Waals surface area contributed by atoms with E-state index in [0.717, 1.165) is 17.9 Å². The Balaban J connectivity index is 2.10. The van der Waals surface area contributed by atoms with Crippen LogP contribution in [0.15, 0.2) is 18.3 Å². The molecular weight excluding hydrogens is 230 g/mol. The second-order valence-corrected chi connectivity index (χ2v) is 4.89. The van der Waals surface area contributed by atoms with Gasteiger partial charge in [0.1, 0.15) is 5.82 Å². The molecule has 0 bridgehead atoms. The topological polar surface area (TPSA) is 71.6 Å². The third-order valence-electron chi connectivity index (χ3n) is 3.15. The Kier molecular flexibility index (Phi) is 4.16. The number of hydrogen-bond donors (Lipinski definition) is 2. The monoisotopic (exact) mass is 251 g/mol. The zero-order valence-electron chi connectivity index (χ0n) is 10.9. The molecule has 1 aliphatic heterocycles. The molecule has 5 heteroatoms. The minimum atomic E-state index is -0.136. The summed E-state index contributed by atoms with van der Waals surface area (Å²) in [6.45, 7) is 5.45. The molecule has 1 aromatic rings. The molecule has 100 valence electrons. The van der Waals surface area contributed by atoms with Crippen LogP contribution in [0, 0.1) is 0 Å². The fourth-order valence-electron chi connectivity index (χ4n) is 2.19. The van der Waals surface area contributed by atoms with E-state index < -0.39 is 0 Å². The molecule has 3 N–H and O–H groups in total. The minimum absolute atomic E-state index is 0.000327. The molecule has 1 aromatic heterocycles. The average molecular weight is 251 g/mol. The van der Waals surface area contributed by atoms with Crippen molar-refractivity contribution in [3.8, 4) is 0 Å². The lowest BCUT2D eigenvalue weighted by molar-refractivity contribution is -0.0423. The molecule has 0 aromatic carbocycles. The third kappa shape index (κ3) is 2.98. The number of pyridine rings is 1. The van der Waals surface area contributed by atoms with Gasteiger partial charge in [-0.2, -0.15) is 0 Å². The summed E-state index contributed by atoms with van der Waals surface area (Å²) in [6, 6.07) is 3.98. The van der Waals surface area contributed by atoms with Gasteiger partial charge in [0, 0.05) is 25.3 Å². The highest BCUT2D eigenvalue weighted by atomic mass is 16.5. The summed E-state index contributed by atoms with van der Waals surface area (Å²) in [6.07, 6.45) is 1.78. The lowest BCUT2D eigenvalue weighted by Crippen LogP contribution is -2.48. The van der Waals surface area contributed by atoms with E-state index >= 15 is 0 Å². The van der Waals surface area contributed by atoms with E-state index in [4.69, 9.17) is 10.5 Å². The van der Waals surface area contributed by atoms with Gasteiger partial charge in [0.05, 0.1) is 18.8 Å². The van der Waals surface area contributed by atoms with Crippen LogP contribution >= 0.6 is 0 Å². The summed E-state index contributed by atoms with van der Waals surface area (Å²) >= 11 is 0. The third-order valence-corrected chi connectivity index (χ3v) is 3.15. The predicted octanol–water partition coefficient (Wildman–Crippen LogP) is 0.687. The van der Waals surface area contributed by atoms with Crippen LogP contribution in [0.25, 0.3) is 0 Å². The molecule has 0 amide bonds. The molecular formula is C13H21N3O2. The van der Waals surface area contributed by atoms with Crippen LogP contribution in [0.2, 0.25) is 0 Å². The number of morpholine rings is 1. The van der Waals surface area contributed by atoms with E-state index in [1.807, 2.05) is 32.2 Å². The van der Waals surface area contributed by atoms with Crippen LogP contribution in [0.4, 0.5) is 5.82 Å². The van der Waals surface area contributed by atoms with Gasteiger partial charge in [-0.15, -0.1) is 0 Å². The molecule has 2 heterocycles. The fraction of sp³-hybridized carbons (Fsp3) is 0.615. The van der Waals surface area contributed by atoms with Gasteiger partial charge in [0.15, 0.2) is 0 Å². The van der Waals surface area contributed by atoms with Crippen molar-refractivity contribution < 1.29 is 9.84 Å². The maximum atomic E-state index is 9.20. The number of aliphatic hydroxyl groups is 1. The number of nitrogens with two attached hydrogens (primary N) is 1. The van der Waals surface area contributed by atoms with Crippen molar-refractivity contribution in [2.75, 3.05) is 24.6 Å². The van der Waals surface area contributed by atoms with E-state index in [2.05, 4.69) is 9.88 Å². The minimum Gasteiger partial charge on any atom is -0.394 e. The van der Waals surface area contributed by atoms with Crippen LogP contribution < -0.4 is 10.6 Å². The first-order valence-corrected chi connectivity index (χ1v) is 6.33. The Hall–Kier alpha value is -1.17. The van der Waals surface area contributed by atoms with Gasteiger partial charge in [0.2, 0.25) is 0 Å². The van der Waals surface area contributed by atoms with Gasteiger partial charge >= 0.3 is 0 Å². The number of hydrogen-bond acceptors (Lipinski definition) is 5. The Bertz CT molecular complexity index is 380. The van der Waals surface area contributed by atoms with Crippen LogP contribution in [-0.2, 0) is 4.74 Å². The van der Waals surface area contributed by atoms with E-state index in [1.165, 1.54) is 0 Å². The molecule has 1 fully saturated rings. The highest BCUT2D eigenvalue weighted by Gasteiger charge is 2.25. The standard InChI is InChI=1S/C13H21N3O2/c1-9-6-16(7-12(8-17)18-9)13-4-3-11(5-15-13)10(2)14/h3-5,9-10,12,17H,6-8,14H2,1-2H3. The number of nitrogens with zero attached hydrogens (tertiary/aromatic N) is 2. The smallest absolute Gasteiger partial charge is 0.128 e. The maximum absolute atomic E-state index is 9.20. The molecule has 3 unspecified atom stereocenters. The van der Waals surface area contributed by atoms with Crippen molar-refractivity contribution in [1.29, 1.82) is 0 Å². The second kappa shape index (κ2) is 5.65. The van der Waals surface area contributed by atoms with Crippen LogP contribution in [-0.4, -0.2) is 42.0 Å². The highest BCUT2D eigenvalue weighted by Crippen LogP contribution is 2.19. The Labute approximate surface area is 108 Å². The summed E-state index contributed by atoms with van der Waals surface area (Å²) < 4.78 is 5.61. The first kappa shape index (κ1) is 13.3. The SMILES string of the molecule is CC1CN(c2ccc(C(C)N)cn2)CC(CO)O1. The summed E-state index contributed by atoms with van der Waals surface area (Å²) in [5.74, 6) is 0.910. The van der Waals surface area contributed by atoms with Gasteiger partial charge < -0.3 is 20.5 Å². The van der Waals surface area contributed by atoms with E-state index in [-0.39, 0.29) is 24.9 Å². The molecule has 1 aliphatic rings. The number of aliphatic hydroxyl groups excluding tert-OH is 1. The lowest BCUT2D eigenvalue weighted by atomic mass is 10.1. The first-order valence-electron chi connectivity index (χ1n) is 6.33. The number of rotatable bonds is 3. The quantitative estimate of drug-likeness (QED) is 0.827. The summed E-state index contributed by atoms with van der Waals surface area (Å²) in [5.41, 5.74) is 6.83. The Morgan fingerprint density at radius 2 is 2.33 bits per heavy atom. The van der Waals surface area contributed by atoms with Gasteiger partial charge in [-0.1, -0.05) is 6.07 Å². The molecule has 5 nitrogen and oxygen atoms in total. The summed E-state index contributed by atoms with van der Waals surface area (Å²) in [4.78, 5) is 6.57. The summed E-state index contributed by atoms with van der Waals surface area (Å²) in [5, 5.41) is 9.20. The lowest BCUT2D eigenvalue weighted by Gasteiger charge is -2.36. The van der Waals surface area contributed by atoms with Crippen molar-refractivity contribution in [1.82, 2.24) is 4.98 Å². The molecule has 0 saturated carbocycles. The molecule has 2 rings (SSSR count). The maximum Gasteiger partial charge on any atom is 0.128 e. The van der Waals surface area contributed by atoms with E-state index in [0.29, 0.717) is 6.54 Å².